The van der Waals surface area contributed by atoms with Crippen molar-refractivity contribution in [2.24, 2.45) is 0 Å². The lowest BCUT2D eigenvalue weighted by molar-refractivity contribution is 0.0509. The van der Waals surface area contributed by atoms with E-state index in [1.165, 1.54) is 19.2 Å². The van der Waals surface area contributed by atoms with Crippen LogP contribution in [0.15, 0.2) is 42.5 Å². The van der Waals surface area contributed by atoms with E-state index in [1.807, 2.05) is 24.3 Å². The molecule has 2 amide bonds. The van der Waals surface area contributed by atoms with Crippen LogP contribution in [-0.2, 0) is 11.2 Å². The highest BCUT2D eigenvalue weighted by molar-refractivity contribution is 6.02. The van der Waals surface area contributed by atoms with Crippen molar-refractivity contribution in [2.75, 3.05) is 30.7 Å². The summed E-state index contributed by atoms with van der Waals surface area (Å²) in [6, 6.07) is 11.8. The summed E-state index contributed by atoms with van der Waals surface area (Å²) in [5.41, 5.74) is 2.15. The fourth-order valence-corrected chi connectivity index (χ4v) is 2.90. The Balaban J connectivity index is 1.76. The highest BCUT2D eigenvalue weighted by atomic mass is 19.1. The number of ether oxygens (including phenoxy) is 2. The maximum absolute atomic E-state index is 14.2. The quantitative estimate of drug-likeness (QED) is 0.847. The van der Waals surface area contributed by atoms with Gasteiger partial charge in [0.15, 0.2) is 6.79 Å². The summed E-state index contributed by atoms with van der Waals surface area (Å²) in [6.07, 6.45) is 2.88. The standard InChI is InChI=1S/C19H21FN2O3/c1-24-13-25-15-9-10-17(16(20)12-15)21-19(23)22-11-5-4-7-14-6-2-3-8-18(14)22/h2-3,6,8-10,12H,4-5,7,11,13H2,1H3,(H,21,23). The van der Waals surface area contributed by atoms with E-state index in [2.05, 4.69) is 5.32 Å². The Labute approximate surface area is 146 Å². The molecule has 1 aliphatic rings. The number of nitrogens with zero attached hydrogens (tertiary/aromatic N) is 1. The third-order valence-electron chi connectivity index (χ3n) is 4.13. The summed E-state index contributed by atoms with van der Waals surface area (Å²) in [5.74, 6) is -0.206. The average molecular weight is 344 g/mol. The number of hydrogen-bond acceptors (Lipinski definition) is 3. The van der Waals surface area contributed by atoms with Gasteiger partial charge in [-0.2, -0.15) is 0 Å². The number of amides is 2. The summed E-state index contributed by atoms with van der Waals surface area (Å²) in [4.78, 5) is 14.4. The van der Waals surface area contributed by atoms with Crippen molar-refractivity contribution in [1.82, 2.24) is 0 Å². The van der Waals surface area contributed by atoms with Crippen molar-refractivity contribution in [2.45, 2.75) is 19.3 Å². The number of carbonyl (C=O) groups is 1. The Bertz CT molecular complexity index is 751. The van der Waals surface area contributed by atoms with Crippen LogP contribution in [0.2, 0.25) is 0 Å². The van der Waals surface area contributed by atoms with Crippen LogP contribution in [0.25, 0.3) is 0 Å². The molecule has 6 heteroatoms. The summed E-state index contributed by atoms with van der Waals surface area (Å²) >= 11 is 0. The number of fused-ring (bicyclic) bond motifs is 1. The smallest absolute Gasteiger partial charge is 0.326 e. The normalized spacial score (nSPS) is 13.8. The van der Waals surface area contributed by atoms with Gasteiger partial charge in [-0.05, 0) is 43.0 Å². The molecule has 0 saturated carbocycles. The summed E-state index contributed by atoms with van der Waals surface area (Å²) in [6.45, 7) is 0.648. The molecule has 0 spiro atoms. The van der Waals surface area contributed by atoms with Crippen LogP contribution in [0, 0.1) is 5.82 Å². The number of anilines is 2. The van der Waals surface area contributed by atoms with Gasteiger partial charge in [-0.25, -0.2) is 9.18 Å². The molecular weight excluding hydrogens is 323 g/mol. The van der Waals surface area contributed by atoms with E-state index in [0.717, 1.165) is 30.5 Å². The van der Waals surface area contributed by atoms with Crippen LogP contribution in [0.5, 0.6) is 5.75 Å². The fraction of sp³-hybridized carbons (Fsp3) is 0.316. The number of benzene rings is 2. The number of urea groups is 1. The van der Waals surface area contributed by atoms with Crippen LogP contribution in [0.4, 0.5) is 20.6 Å². The number of halogens is 1. The van der Waals surface area contributed by atoms with Crippen molar-refractivity contribution in [3.8, 4) is 5.75 Å². The zero-order chi connectivity index (χ0) is 17.6. The van der Waals surface area contributed by atoms with Gasteiger partial charge in [0, 0.05) is 25.4 Å². The van der Waals surface area contributed by atoms with Gasteiger partial charge < -0.3 is 14.8 Å². The number of aryl methyl sites for hydroxylation is 1. The van der Waals surface area contributed by atoms with Crippen molar-refractivity contribution in [1.29, 1.82) is 0 Å². The molecule has 5 nitrogen and oxygen atoms in total. The van der Waals surface area contributed by atoms with Gasteiger partial charge in [-0.15, -0.1) is 0 Å². The van der Waals surface area contributed by atoms with Crippen molar-refractivity contribution in [3.05, 3.63) is 53.8 Å². The molecular formula is C19H21FN2O3. The van der Waals surface area contributed by atoms with Crippen molar-refractivity contribution >= 4 is 17.4 Å². The molecule has 132 valence electrons. The minimum atomic E-state index is -0.551. The second kappa shape index (κ2) is 7.98. The molecule has 0 fully saturated rings. The minimum Gasteiger partial charge on any atom is -0.467 e. The fourth-order valence-electron chi connectivity index (χ4n) is 2.90. The molecule has 1 N–H and O–H groups in total. The molecule has 2 aromatic carbocycles. The molecule has 0 bridgehead atoms. The van der Waals surface area contributed by atoms with Gasteiger partial charge in [-0.3, -0.25) is 4.90 Å². The Morgan fingerprint density at radius 2 is 2.08 bits per heavy atom. The topological polar surface area (TPSA) is 50.8 Å². The summed E-state index contributed by atoms with van der Waals surface area (Å²) in [7, 11) is 1.49. The summed E-state index contributed by atoms with van der Waals surface area (Å²) in [5, 5.41) is 2.66. The van der Waals surface area contributed by atoms with Crippen molar-refractivity contribution < 1.29 is 18.7 Å². The first-order valence-electron chi connectivity index (χ1n) is 8.27. The molecule has 1 heterocycles. The monoisotopic (exact) mass is 344 g/mol. The lowest BCUT2D eigenvalue weighted by Gasteiger charge is -2.23. The van der Waals surface area contributed by atoms with Gasteiger partial charge in [0.05, 0.1) is 5.69 Å². The van der Waals surface area contributed by atoms with Gasteiger partial charge in [0.2, 0.25) is 0 Å². The van der Waals surface area contributed by atoms with E-state index in [9.17, 15) is 9.18 Å². The third kappa shape index (κ3) is 4.09. The molecule has 0 aliphatic carbocycles. The van der Waals surface area contributed by atoms with Crippen LogP contribution < -0.4 is 15.0 Å². The van der Waals surface area contributed by atoms with Gasteiger partial charge >= 0.3 is 6.03 Å². The molecule has 1 aliphatic heterocycles. The number of para-hydroxylation sites is 1. The van der Waals surface area contributed by atoms with Crippen LogP contribution >= 0.6 is 0 Å². The Morgan fingerprint density at radius 3 is 2.88 bits per heavy atom. The number of rotatable bonds is 4. The predicted molar refractivity (Wildman–Crippen MR) is 94.6 cm³/mol. The third-order valence-corrected chi connectivity index (χ3v) is 4.13. The Hall–Kier alpha value is -2.60. The Kier molecular flexibility index (Phi) is 5.50. The van der Waals surface area contributed by atoms with Crippen LogP contribution in [-0.4, -0.2) is 26.5 Å². The van der Waals surface area contributed by atoms with Crippen molar-refractivity contribution in [3.63, 3.8) is 0 Å². The van der Waals surface area contributed by atoms with Gasteiger partial charge in [0.1, 0.15) is 11.6 Å². The zero-order valence-electron chi connectivity index (χ0n) is 14.1. The predicted octanol–water partition coefficient (Wildman–Crippen LogP) is 4.18. The molecule has 2 aromatic rings. The SMILES string of the molecule is COCOc1ccc(NC(=O)N2CCCCc3ccccc32)c(F)c1. The number of hydrogen-bond donors (Lipinski definition) is 1. The first-order chi connectivity index (χ1) is 12.2. The lowest BCUT2D eigenvalue weighted by atomic mass is 10.1. The molecule has 0 atom stereocenters. The van der Waals surface area contributed by atoms with E-state index >= 15 is 0 Å². The molecule has 0 unspecified atom stereocenters. The maximum atomic E-state index is 14.2. The molecule has 3 rings (SSSR count). The van der Waals surface area contributed by atoms with E-state index in [1.54, 1.807) is 11.0 Å². The zero-order valence-corrected chi connectivity index (χ0v) is 14.1. The molecule has 0 radical (unpaired) electrons. The molecule has 0 saturated heterocycles. The molecule has 25 heavy (non-hydrogen) atoms. The van der Waals surface area contributed by atoms with Crippen LogP contribution in [0.3, 0.4) is 0 Å². The number of carbonyl (C=O) groups excluding carboxylic acids is 1. The summed E-state index contributed by atoms with van der Waals surface area (Å²) < 4.78 is 24.2. The van der Waals surface area contributed by atoms with Gasteiger partial charge in [-0.1, -0.05) is 18.2 Å². The first kappa shape index (κ1) is 17.2. The van der Waals surface area contributed by atoms with E-state index < -0.39 is 5.82 Å². The maximum Gasteiger partial charge on any atom is 0.326 e. The largest absolute Gasteiger partial charge is 0.467 e. The first-order valence-corrected chi connectivity index (χ1v) is 8.27. The lowest BCUT2D eigenvalue weighted by Crippen LogP contribution is -2.35. The Morgan fingerprint density at radius 1 is 1.24 bits per heavy atom. The minimum absolute atomic E-state index is 0.0374. The number of nitrogens with one attached hydrogen (secondary N) is 1. The van der Waals surface area contributed by atoms with Gasteiger partial charge in [0.25, 0.3) is 0 Å². The molecule has 0 aromatic heterocycles. The highest BCUT2D eigenvalue weighted by Crippen LogP contribution is 2.27. The highest BCUT2D eigenvalue weighted by Gasteiger charge is 2.21. The second-order valence-corrected chi connectivity index (χ2v) is 5.86. The van der Waals surface area contributed by atoms with E-state index in [-0.39, 0.29) is 18.5 Å². The number of methoxy groups -OCH3 is 1. The van der Waals surface area contributed by atoms with E-state index in [0.29, 0.717) is 12.3 Å². The average Bonchev–Trinajstić information content (AvgIpc) is 2.84. The second-order valence-electron chi connectivity index (χ2n) is 5.86. The van der Waals surface area contributed by atoms with Crippen LogP contribution in [0.1, 0.15) is 18.4 Å². The van der Waals surface area contributed by atoms with E-state index in [4.69, 9.17) is 9.47 Å².